The molecule has 0 aliphatic carbocycles. The smallest absolute Gasteiger partial charge is 0.281 e. The lowest BCUT2D eigenvalue weighted by molar-refractivity contribution is 0.0932. The summed E-state index contributed by atoms with van der Waals surface area (Å²) in [7, 11) is 0. The number of aliphatic imine (C=N–C) groups is 1. The highest BCUT2D eigenvalue weighted by Gasteiger charge is 2.26. The zero-order valence-corrected chi connectivity index (χ0v) is 20.7. The largest absolute Gasteiger partial charge is 0.344 e. The van der Waals surface area contributed by atoms with Crippen molar-refractivity contribution in [3.63, 3.8) is 0 Å². The van der Waals surface area contributed by atoms with Gasteiger partial charge in [0.15, 0.2) is 5.69 Å². The maximum atomic E-state index is 13.1. The molecule has 1 atom stereocenters. The molecule has 0 saturated carbocycles. The lowest BCUT2D eigenvalue weighted by Crippen LogP contribution is -2.35. The van der Waals surface area contributed by atoms with Crippen molar-refractivity contribution in [2.24, 2.45) is 4.99 Å². The third kappa shape index (κ3) is 5.41. The van der Waals surface area contributed by atoms with Gasteiger partial charge in [-0.3, -0.25) is 19.4 Å². The fraction of sp³-hybridized carbons (Fsp3) is 0.0870. The zero-order valence-electron chi connectivity index (χ0n) is 17.6. The first kappa shape index (κ1) is 24.9. The molecule has 0 bridgehead atoms. The minimum absolute atomic E-state index is 0.00171. The van der Waals surface area contributed by atoms with E-state index in [4.69, 9.17) is 46.4 Å². The number of rotatable bonds is 5. The first-order valence-electron chi connectivity index (χ1n) is 10.1. The van der Waals surface area contributed by atoms with Crippen molar-refractivity contribution in [1.29, 1.82) is 0 Å². The number of nitrogens with zero attached hydrogens (tertiary/aromatic N) is 3. The molecule has 35 heavy (non-hydrogen) atoms. The Hall–Kier alpha value is -3.17. The second kappa shape index (κ2) is 10.6. The monoisotopic (exact) mass is 549 g/mol. The van der Waals surface area contributed by atoms with E-state index in [1.54, 1.807) is 30.6 Å². The van der Waals surface area contributed by atoms with Crippen molar-refractivity contribution in [2.75, 3.05) is 5.32 Å². The van der Waals surface area contributed by atoms with Crippen molar-refractivity contribution in [3.8, 4) is 0 Å². The highest BCUT2D eigenvalue weighted by molar-refractivity contribution is 6.41. The number of carbonyl (C=O) groups excluding carboxylic acids is 3. The summed E-state index contributed by atoms with van der Waals surface area (Å²) < 4.78 is 0.879. The van der Waals surface area contributed by atoms with Gasteiger partial charge >= 0.3 is 0 Å². The summed E-state index contributed by atoms with van der Waals surface area (Å²) in [6.07, 6.45) is 6.56. The summed E-state index contributed by atoms with van der Waals surface area (Å²) in [5.41, 5.74) is -0.270. The summed E-state index contributed by atoms with van der Waals surface area (Å²) >= 11 is 24.6. The van der Waals surface area contributed by atoms with Crippen LogP contribution in [0.2, 0.25) is 20.1 Å². The van der Waals surface area contributed by atoms with Crippen molar-refractivity contribution in [2.45, 2.75) is 12.5 Å². The number of aromatic nitrogens is 2. The lowest BCUT2D eigenvalue weighted by atomic mass is 10.1. The van der Waals surface area contributed by atoms with Gasteiger partial charge in [-0.15, -0.1) is 0 Å². The Bertz CT molecular complexity index is 1360. The molecule has 0 unspecified atom stereocenters. The number of nitrogens with one attached hydrogen (secondary N) is 2. The fourth-order valence-electron chi connectivity index (χ4n) is 3.26. The number of halogens is 4. The van der Waals surface area contributed by atoms with Gasteiger partial charge in [-0.1, -0.05) is 58.5 Å². The van der Waals surface area contributed by atoms with Crippen LogP contribution in [-0.4, -0.2) is 39.8 Å². The Kier molecular flexibility index (Phi) is 7.57. The van der Waals surface area contributed by atoms with Gasteiger partial charge in [0.2, 0.25) is 0 Å². The number of carbonyl (C=O) groups is 3. The van der Waals surface area contributed by atoms with Gasteiger partial charge in [-0.05, 0) is 30.3 Å². The summed E-state index contributed by atoms with van der Waals surface area (Å²) in [6.45, 7) is 0. The van der Waals surface area contributed by atoms with Crippen LogP contribution in [0.15, 0.2) is 59.9 Å². The molecule has 0 radical (unpaired) electrons. The van der Waals surface area contributed by atoms with E-state index in [2.05, 4.69) is 20.7 Å². The Morgan fingerprint density at radius 1 is 0.886 bits per heavy atom. The third-order valence-corrected chi connectivity index (χ3v) is 6.20. The molecule has 2 heterocycles. The molecule has 178 valence electrons. The molecule has 12 heteroatoms. The molecule has 0 spiro atoms. The Morgan fingerprint density at radius 2 is 1.49 bits per heavy atom. The lowest BCUT2D eigenvalue weighted by Gasteiger charge is -2.14. The predicted octanol–water partition coefficient (Wildman–Crippen LogP) is 5.52. The summed E-state index contributed by atoms with van der Waals surface area (Å²) in [6, 6.07) is 8.82. The van der Waals surface area contributed by atoms with E-state index in [9.17, 15) is 14.4 Å². The summed E-state index contributed by atoms with van der Waals surface area (Å²) in [5, 5.41) is 9.88. The quantitative estimate of drug-likeness (QED) is 0.436. The van der Waals surface area contributed by atoms with E-state index in [1.807, 2.05) is 0 Å². The van der Waals surface area contributed by atoms with Crippen LogP contribution in [0.4, 0.5) is 5.69 Å². The van der Waals surface area contributed by atoms with Crippen molar-refractivity contribution < 1.29 is 14.4 Å². The minimum Gasteiger partial charge on any atom is -0.344 e. The van der Waals surface area contributed by atoms with Gasteiger partial charge in [-0.2, -0.15) is 5.10 Å². The third-order valence-electron chi connectivity index (χ3n) is 4.94. The van der Waals surface area contributed by atoms with Gasteiger partial charge in [0.25, 0.3) is 17.7 Å². The van der Waals surface area contributed by atoms with Crippen LogP contribution in [0.1, 0.15) is 37.6 Å². The van der Waals surface area contributed by atoms with Gasteiger partial charge < -0.3 is 10.6 Å². The van der Waals surface area contributed by atoms with E-state index in [0.29, 0.717) is 6.42 Å². The molecule has 4 rings (SSSR count). The number of benzene rings is 2. The van der Waals surface area contributed by atoms with E-state index in [1.165, 1.54) is 30.5 Å². The second-order valence-electron chi connectivity index (χ2n) is 7.28. The topological polar surface area (TPSA) is 105 Å². The van der Waals surface area contributed by atoms with Crippen LogP contribution in [-0.2, 0) is 0 Å². The maximum absolute atomic E-state index is 13.1. The Labute approximate surface area is 219 Å². The first-order valence-corrected chi connectivity index (χ1v) is 11.6. The molecule has 1 aromatic heterocycles. The van der Waals surface area contributed by atoms with E-state index >= 15 is 0 Å². The first-order chi connectivity index (χ1) is 16.8. The molecular formula is C23H15Cl4N5O3. The van der Waals surface area contributed by atoms with Crippen LogP contribution in [0.5, 0.6) is 0 Å². The van der Waals surface area contributed by atoms with Crippen LogP contribution < -0.4 is 10.6 Å². The highest BCUT2D eigenvalue weighted by Crippen LogP contribution is 2.28. The molecule has 2 amide bonds. The molecule has 8 nitrogen and oxygen atoms in total. The minimum atomic E-state index is -0.698. The van der Waals surface area contributed by atoms with E-state index in [-0.39, 0.29) is 48.6 Å². The van der Waals surface area contributed by atoms with Crippen LogP contribution >= 0.6 is 46.4 Å². The van der Waals surface area contributed by atoms with Gasteiger partial charge in [0.05, 0.1) is 49.1 Å². The molecular weight excluding hydrogens is 536 g/mol. The van der Waals surface area contributed by atoms with Crippen molar-refractivity contribution >= 4 is 76.0 Å². The van der Waals surface area contributed by atoms with Crippen molar-refractivity contribution in [3.05, 3.63) is 91.8 Å². The SMILES string of the molecule is O=C(N[C@H]1C=CN=CC1)c1nn(C(=O)c2c(Cl)cccc2Cl)cc1NC(=O)c1c(Cl)cccc1Cl. The molecule has 0 saturated heterocycles. The second-order valence-corrected chi connectivity index (χ2v) is 8.91. The molecule has 1 aliphatic heterocycles. The Balaban J connectivity index is 1.72. The number of hydrogen-bond acceptors (Lipinski definition) is 5. The highest BCUT2D eigenvalue weighted by atomic mass is 35.5. The van der Waals surface area contributed by atoms with E-state index in [0.717, 1.165) is 4.68 Å². The summed E-state index contributed by atoms with van der Waals surface area (Å²) in [4.78, 5) is 43.1. The van der Waals surface area contributed by atoms with E-state index < -0.39 is 17.7 Å². The fourth-order valence-corrected chi connectivity index (χ4v) is 4.39. The van der Waals surface area contributed by atoms with Gasteiger partial charge in [0, 0.05) is 18.8 Å². The molecule has 1 aliphatic rings. The average Bonchev–Trinajstić information content (AvgIpc) is 3.23. The van der Waals surface area contributed by atoms with Crippen molar-refractivity contribution in [1.82, 2.24) is 15.1 Å². The summed E-state index contributed by atoms with van der Waals surface area (Å²) in [5.74, 6) is -2.02. The number of hydrogen-bond donors (Lipinski definition) is 2. The van der Waals surface area contributed by atoms with Gasteiger partial charge in [0.1, 0.15) is 0 Å². The van der Waals surface area contributed by atoms with Crippen LogP contribution in [0, 0.1) is 0 Å². The zero-order chi connectivity index (χ0) is 25.1. The molecule has 0 fully saturated rings. The van der Waals surface area contributed by atoms with Gasteiger partial charge in [-0.25, -0.2) is 4.68 Å². The molecule has 2 aromatic carbocycles. The maximum Gasteiger partial charge on any atom is 0.281 e. The molecule has 3 aromatic rings. The Morgan fingerprint density at radius 3 is 2.06 bits per heavy atom. The standard InChI is InChI=1S/C23H15Cl4N5O3/c24-13-3-1-4-14(25)18(13)21(33)30-17-11-32(23(35)19-15(26)5-2-6-16(19)27)31-20(17)22(34)29-12-7-9-28-10-8-12/h1-7,9-12H,8H2,(H,29,34)(H,30,33)/t12-/m0/s1. The van der Waals surface area contributed by atoms with Crippen LogP contribution in [0.25, 0.3) is 0 Å². The average molecular weight is 551 g/mol. The molecule has 2 N–H and O–H groups in total. The van der Waals surface area contributed by atoms with Crippen LogP contribution in [0.3, 0.4) is 0 Å². The number of amides is 2. The number of anilines is 1. The normalized spacial score (nSPS) is 14.6. The predicted molar refractivity (Wildman–Crippen MR) is 136 cm³/mol.